The third-order valence-electron chi connectivity index (χ3n) is 8.54. The Bertz CT molecular complexity index is 1610. The van der Waals surface area contributed by atoms with Crippen molar-refractivity contribution in [2.45, 2.75) is 98.7 Å². The van der Waals surface area contributed by atoms with E-state index in [4.69, 9.17) is 10.2 Å². The number of aryl methyl sites for hydroxylation is 3. The van der Waals surface area contributed by atoms with Gasteiger partial charge in [-0.15, -0.1) is 0 Å². The summed E-state index contributed by atoms with van der Waals surface area (Å²) in [4.78, 5) is 44.4. The van der Waals surface area contributed by atoms with Crippen LogP contribution in [0.5, 0.6) is 0 Å². The van der Waals surface area contributed by atoms with Crippen LogP contribution in [0.15, 0.2) is 72.8 Å². The van der Waals surface area contributed by atoms with E-state index in [0.29, 0.717) is 5.56 Å². The molecule has 0 atom stereocenters. The van der Waals surface area contributed by atoms with Crippen molar-refractivity contribution in [3.8, 4) is 0 Å². The van der Waals surface area contributed by atoms with E-state index in [-0.39, 0.29) is 37.5 Å². The van der Waals surface area contributed by atoms with E-state index >= 15 is 0 Å². The zero-order valence-corrected chi connectivity index (χ0v) is 38.4. The Morgan fingerprint density at radius 3 is 1.21 bits per heavy atom. The summed E-state index contributed by atoms with van der Waals surface area (Å²) < 4.78 is 0. The quantitative estimate of drug-likeness (QED) is 0.121. The minimum Gasteiger partial charge on any atom is -0.478 e. The number of alkyl halides is 2. The summed E-state index contributed by atoms with van der Waals surface area (Å²) in [5, 5.41) is 17.4. The van der Waals surface area contributed by atoms with Gasteiger partial charge in [0.25, 0.3) is 0 Å². The molecule has 4 aromatic rings. The third kappa shape index (κ3) is 16.5. The molecule has 0 amide bonds. The molecule has 0 aliphatic rings. The number of rotatable bonds is 10. The second-order valence-corrected chi connectivity index (χ2v) is 12.9. The number of aromatic carboxylic acids is 1. The van der Waals surface area contributed by atoms with Gasteiger partial charge in [-0.05, 0) is 111 Å². The predicted octanol–water partition coefficient (Wildman–Crippen LogP) is 11.3. The molecule has 0 fully saturated rings. The van der Waals surface area contributed by atoms with Gasteiger partial charge < -0.3 is 10.2 Å². The number of Topliss-reactive ketones (excluding diaryl/α,β-unsaturated/α-hetero) is 3. The van der Waals surface area contributed by atoms with Crippen molar-refractivity contribution in [3.63, 3.8) is 0 Å². The molecule has 0 heterocycles. The number of carbonyl (C=O) groups excluding carboxylic acids is 3. The van der Waals surface area contributed by atoms with Crippen molar-refractivity contribution in [2.75, 3.05) is 7.11 Å². The summed E-state index contributed by atoms with van der Waals surface area (Å²) in [5.74, 6) is -0.386. The molecule has 2 N–H and O–H groups in total. The molecule has 0 aliphatic heterocycles. The second-order valence-electron chi connectivity index (χ2n) is 11.7. The van der Waals surface area contributed by atoms with Crippen LogP contribution in [0.25, 0.3) is 0 Å². The van der Waals surface area contributed by atoms with Crippen molar-refractivity contribution in [1.29, 1.82) is 0 Å². The van der Waals surface area contributed by atoms with Crippen molar-refractivity contribution in [3.05, 3.63) is 140 Å². The maximum absolute atomic E-state index is 11.3. The SMILES string of the molecule is CC(=O)c1cccc(C)c1C.CC(=O)c1cccc(CBr)c1CBr.CCc1cccc(C(=O)O)c1CC.CCc1cccc(C(C)=O)c1CC.CO.[Ir]. The number of hydrogen-bond acceptors (Lipinski definition) is 5. The van der Waals surface area contributed by atoms with Gasteiger partial charge in [-0.2, -0.15) is 0 Å². The summed E-state index contributed by atoms with van der Waals surface area (Å²) in [6.07, 6.45) is 3.62. The topological polar surface area (TPSA) is 109 Å². The first-order valence-electron chi connectivity index (χ1n) is 17.4. The first-order chi connectivity index (χ1) is 24.7. The fourth-order valence-corrected chi connectivity index (χ4v) is 6.86. The van der Waals surface area contributed by atoms with Crippen LogP contribution in [0, 0.1) is 13.8 Å². The molecule has 0 saturated carbocycles. The van der Waals surface area contributed by atoms with E-state index < -0.39 is 5.97 Å². The number of aliphatic hydroxyl groups excluding tert-OH is 1. The largest absolute Gasteiger partial charge is 0.478 e. The maximum Gasteiger partial charge on any atom is 0.335 e. The molecule has 1 radical (unpaired) electrons. The Kier molecular flexibility index (Phi) is 27.9. The molecule has 53 heavy (non-hydrogen) atoms. The van der Waals surface area contributed by atoms with Crippen LogP contribution < -0.4 is 0 Å². The molecule has 6 nitrogen and oxygen atoms in total. The van der Waals surface area contributed by atoms with Gasteiger partial charge in [-0.25, -0.2) is 4.79 Å². The Labute approximate surface area is 347 Å². The first-order valence-corrected chi connectivity index (χ1v) is 19.7. The minimum absolute atomic E-state index is 0. The van der Waals surface area contributed by atoms with Gasteiger partial charge in [0, 0.05) is 54.6 Å². The molecule has 0 saturated heterocycles. The summed E-state index contributed by atoms with van der Waals surface area (Å²) in [5.41, 5.74) is 12.2. The van der Waals surface area contributed by atoms with Crippen LogP contribution >= 0.6 is 31.9 Å². The zero-order chi connectivity index (χ0) is 40.0. The molecule has 0 spiro atoms. The Morgan fingerprint density at radius 1 is 0.509 bits per heavy atom. The standard InChI is InChI=1S/C12H16O.C11H14O2.C10H10Br2O.C10H12O.CH4O.Ir/c1-4-10-7-6-8-12(9(3)13)11(10)5-2;1-3-8-6-5-7-10(11(12)13)9(8)4-2;1-7(13)9-4-2-3-8(5-11)10(9)6-12;1-7-5-4-6-10(8(7)2)9(3)11;1-2;/h6-8H,4-5H2,1-3H3;5-7H,3-4H2,1-2H3,(H,12,13);2-4H,5-6H2,1H3;4-6H,1-3H3;2H,1H3;. The van der Waals surface area contributed by atoms with Crippen LogP contribution in [0.2, 0.25) is 0 Å². The van der Waals surface area contributed by atoms with Crippen molar-refractivity contribution < 1.29 is 49.5 Å². The molecule has 4 aromatic carbocycles. The minimum atomic E-state index is -0.827. The van der Waals surface area contributed by atoms with Crippen LogP contribution in [0.3, 0.4) is 0 Å². The van der Waals surface area contributed by atoms with Crippen LogP contribution in [0.4, 0.5) is 0 Å². The van der Waals surface area contributed by atoms with Gasteiger partial charge in [0.05, 0.1) is 5.56 Å². The van der Waals surface area contributed by atoms with Gasteiger partial charge in [0.15, 0.2) is 17.3 Å². The molecule has 0 unspecified atom stereocenters. The van der Waals surface area contributed by atoms with Gasteiger partial charge in [-0.1, -0.05) is 126 Å². The van der Waals surface area contributed by atoms with Crippen LogP contribution in [0.1, 0.15) is 134 Å². The molecular weight excluding hydrogens is 977 g/mol. The fraction of sp³-hybridized carbons (Fsp3) is 0.364. The van der Waals surface area contributed by atoms with Crippen molar-refractivity contribution >= 4 is 55.2 Å². The van der Waals surface area contributed by atoms with Crippen LogP contribution in [-0.2, 0) is 56.4 Å². The molecule has 291 valence electrons. The number of hydrogen-bond donors (Lipinski definition) is 2. The summed E-state index contributed by atoms with van der Waals surface area (Å²) in [6, 6.07) is 23.1. The monoisotopic (exact) mass is 1030 g/mol. The molecular formula is C44H56Br2IrO6. The fourth-order valence-electron chi connectivity index (χ4n) is 5.68. The number of aliphatic hydroxyl groups is 1. The van der Waals surface area contributed by atoms with E-state index in [1.165, 1.54) is 22.3 Å². The number of carboxylic acid groups (broad SMARTS) is 1. The number of carbonyl (C=O) groups is 4. The van der Waals surface area contributed by atoms with E-state index in [0.717, 1.165) is 82.4 Å². The van der Waals surface area contributed by atoms with Crippen LogP contribution in [-0.4, -0.2) is 40.6 Å². The average Bonchev–Trinajstić information content (AvgIpc) is 3.15. The molecule has 0 aliphatic carbocycles. The van der Waals surface area contributed by atoms with E-state index in [9.17, 15) is 19.2 Å². The summed E-state index contributed by atoms with van der Waals surface area (Å²) in [6.45, 7) is 17.1. The van der Waals surface area contributed by atoms with E-state index in [2.05, 4.69) is 51.8 Å². The van der Waals surface area contributed by atoms with Crippen molar-refractivity contribution in [1.82, 2.24) is 0 Å². The Hall–Kier alpha value is -3.07. The molecule has 0 aromatic heterocycles. The number of ketones is 3. The molecule has 0 bridgehead atoms. The van der Waals surface area contributed by atoms with Gasteiger partial charge in [0.2, 0.25) is 0 Å². The van der Waals surface area contributed by atoms with Gasteiger partial charge in [0.1, 0.15) is 0 Å². The van der Waals surface area contributed by atoms with Crippen molar-refractivity contribution in [2.24, 2.45) is 0 Å². The number of carboxylic acids is 1. The third-order valence-corrected chi connectivity index (χ3v) is 9.70. The van der Waals surface area contributed by atoms with E-state index in [1.54, 1.807) is 32.9 Å². The second kappa shape index (κ2) is 28.4. The Balaban J connectivity index is 0. The summed E-state index contributed by atoms with van der Waals surface area (Å²) >= 11 is 6.80. The smallest absolute Gasteiger partial charge is 0.335 e. The molecule has 9 heteroatoms. The normalized spacial score (nSPS) is 9.53. The zero-order valence-electron chi connectivity index (χ0n) is 32.8. The van der Waals surface area contributed by atoms with E-state index in [1.807, 2.05) is 82.3 Å². The molecule has 4 rings (SSSR count). The average molecular weight is 1030 g/mol. The van der Waals surface area contributed by atoms with Gasteiger partial charge >= 0.3 is 5.97 Å². The van der Waals surface area contributed by atoms with Gasteiger partial charge in [-0.3, -0.25) is 14.4 Å². The first kappa shape index (κ1) is 52.0. The maximum atomic E-state index is 11.3. The summed E-state index contributed by atoms with van der Waals surface area (Å²) in [7, 11) is 1.00. The predicted molar refractivity (Wildman–Crippen MR) is 223 cm³/mol. The number of benzene rings is 4. The Morgan fingerprint density at radius 2 is 0.868 bits per heavy atom. The number of halogens is 2.